The van der Waals surface area contributed by atoms with Gasteiger partial charge >= 0.3 is 0 Å². The molecule has 0 atom stereocenters. The first-order chi connectivity index (χ1) is 33.5. The van der Waals surface area contributed by atoms with Crippen LogP contribution < -0.4 is 0 Å². The van der Waals surface area contributed by atoms with E-state index in [-0.39, 0.29) is 43.1 Å². The quantitative estimate of drug-likeness (QED) is 0.142. The Morgan fingerprint density at radius 1 is 0.631 bits per heavy atom. The molecule has 7 aromatic carbocycles. The summed E-state index contributed by atoms with van der Waals surface area (Å²) in [5.41, 5.74) is 17.4. The number of benzene rings is 7. The van der Waals surface area contributed by atoms with E-state index in [1.807, 2.05) is 30.3 Å². The summed E-state index contributed by atoms with van der Waals surface area (Å²) in [5, 5.41) is 0. The van der Waals surface area contributed by atoms with E-state index in [1.54, 1.807) is 12.1 Å². The Bertz CT molecular complexity index is 3370. The van der Waals surface area contributed by atoms with Crippen LogP contribution in [0.15, 0.2) is 162 Å². The van der Waals surface area contributed by atoms with Crippen LogP contribution in [0.25, 0.3) is 84.2 Å². The number of oxazole rings is 1. The van der Waals surface area contributed by atoms with Crippen molar-refractivity contribution in [1.29, 1.82) is 0 Å². The molecular weight excluding hydrogens is 973 g/mol. The molecule has 0 unspecified atom stereocenters. The van der Waals surface area contributed by atoms with Crippen molar-refractivity contribution in [1.82, 2.24) is 19.5 Å². The molecular formula is C59H52IrN4O-2. The van der Waals surface area contributed by atoms with Gasteiger partial charge in [-0.1, -0.05) is 131 Å². The normalized spacial score (nSPS) is 13.0. The van der Waals surface area contributed by atoms with E-state index in [9.17, 15) is 0 Å². The van der Waals surface area contributed by atoms with E-state index in [0.717, 1.165) is 44.7 Å². The standard InChI is InChI=1S/C46H40N3O.C13H12N.Ir/c1-28(2)36-24-34(32-18-9-7-10-19-32)25-37(29(3)4)43(36)49-41-23-14-13-22-39(41)47-45(49)35-26-38(42-30(5)16-15-17-31(42)6)44-40(27-35)48-46(50-44)33-20-11-8-12-21-33;1-10-3-6-12(7-4-10)13-8-5-11(2)9-14-13;/h7-26,28-29H,1-6H3;3-6,8-9H,1-2H3;/q2*-1;/i;1D3,2D3;. The second-order valence-electron chi connectivity index (χ2n) is 16.8. The minimum absolute atomic E-state index is 0. The van der Waals surface area contributed by atoms with Crippen molar-refractivity contribution in [3.8, 4) is 62.0 Å². The first kappa shape index (κ1) is 37.6. The molecule has 0 amide bonds. The molecule has 6 heteroatoms. The Morgan fingerprint density at radius 3 is 1.89 bits per heavy atom. The maximum atomic E-state index is 7.28. The van der Waals surface area contributed by atoms with E-state index in [0.29, 0.717) is 22.7 Å². The van der Waals surface area contributed by atoms with Crippen molar-refractivity contribution >= 4 is 22.1 Å². The van der Waals surface area contributed by atoms with Crippen molar-refractivity contribution in [2.45, 2.75) is 67.1 Å². The second-order valence-corrected chi connectivity index (χ2v) is 16.8. The van der Waals surface area contributed by atoms with Crippen LogP contribution in [0.2, 0.25) is 0 Å². The molecule has 0 bridgehead atoms. The molecule has 65 heavy (non-hydrogen) atoms. The van der Waals surface area contributed by atoms with Crippen molar-refractivity contribution in [2.75, 3.05) is 0 Å². The minimum atomic E-state index is -2.18. The summed E-state index contributed by atoms with van der Waals surface area (Å²) in [7, 11) is 0. The number of nitrogens with zero attached hydrogens (tertiary/aromatic N) is 4. The van der Waals surface area contributed by atoms with Gasteiger partial charge in [0.15, 0.2) is 0 Å². The molecule has 325 valence electrons. The Morgan fingerprint density at radius 2 is 1.28 bits per heavy atom. The summed E-state index contributed by atoms with van der Waals surface area (Å²) < 4.78 is 52.6. The van der Waals surface area contributed by atoms with Gasteiger partial charge in [0.2, 0.25) is 5.89 Å². The Hall–Kier alpha value is -6.72. The fourth-order valence-electron chi connectivity index (χ4n) is 8.40. The number of hydrogen-bond acceptors (Lipinski definition) is 4. The van der Waals surface area contributed by atoms with E-state index >= 15 is 0 Å². The number of aromatic nitrogens is 4. The van der Waals surface area contributed by atoms with Crippen molar-refractivity contribution in [3.63, 3.8) is 0 Å². The maximum absolute atomic E-state index is 7.28. The third-order valence-corrected chi connectivity index (χ3v) is 11.6. The van der Waals surface area contributed by atoms with Crippen LogP contribution >= 0.6 is 0 Å². The molecule has 0 fully saturated rings. The summed E-state index contributed by atoms with van der Waals surface area (Å²) in [4.78, 5) is 14.5. The van der Waals surface area contributed by atoms with Crippen LogP contribution in [0, 0.1) is 39.7 Å². The zero-order chi connectivity index (χ0) is 49.5. The third-order valence-electron chi connectivity index (χ3n) is 11.6. The van der Waals surface area contributed by atoms with Gasteiger partial charge in [0.1, 0.15) is 0 Å². The molecule has 10 rings (SSSR count). The summed E-state index contributed by atoms with van der Waals surface area (Å²) in [5.74, 6) is 1.94. The first-order valence-electron chi connectivity index (χ1n) is 24.7. The summed E-state index contributed by atoms with van der Waals surface area (Å²) in [6.45, 7) is 9.12. The number of hydrogen-bond donors (Lipinski definition) is 0. The fourth-order valence-corrected chi connectivity index (χ4v) is 8.40. The maximum Gasteiger partial charge on any atom is 0.216 e. The number of para-hydroxylation sites is 2. The van der Waals surface area contributed by atoms with Crippen LogP contribution in [0.4, 0.5) is 0 Å². The molecule has 10 aromatic rings. The van der Waals surface area contributed by atoms with Crippen LogP contribution in [-0.2, 0) is 20.1 Å². The van der Waals surface area contributed by atoms with Crippen LogP contribution in [0.1, 0.15) is 81.1 Å². The smallest absolute Gasteiger partial charge is 0.216 e. The van der Waals surface area contributed by atoms with E-state index in [1.165, 1.54) is 63.5 Å². The van der Waals surface area contributed by atoms with Gasteiger partial charge in [0.05, 0.1) is 22.4 Å². The zero-order valence-corrected chi connectivity index (χ0v) is 39.6. The number of imidazole rings is 1. The van der Waals surface area contributed by atoms with E-state index in [2.05, 4.69) is 154 Å². The number of rotatable bonds is 8. The topological polar surface area (TPSA) is 56.7 Å². The number of fused-ring (bicyclic) bond motifs is 2. The predicted molar refractivity (Wildman–Crippen MR) is 265 cm³/mol. The van der Waals surface area contributed by atoms with Crippen molar-refractivity contribution in [2.24, 2.45) is 0 Å². The Balaban J connectivity index is 0.000000271. The second kappa shape index (κ2) is 19.2. The molecule has 0 N–H and O–H groups in total. The molecule has 0 aliphatic heterocycles. The molecule has 0 saturated heterocycles. The fraction of sp³-hybridized carbons (Fsp3) is 0.169. The van der Waals surface area contributed by atoms with E-state index in [4.69, 9.17) is 22.6 Å². The van der Waals surface area contributed by atoms with Crippen LogP contribution in [0.3, 0.4) is 0 Å². The molecule has 1 radical (unpaired) electrons. The molecule has 3 aromatic heterocycles. The molecule has 3 heterocycles. The number of pyridine rings is 1. The zero-order valence-electron chi connectivity index (χ0n) is 43.2. The minimum Gasteiger partial charge on any atom is -0.484 e. The van der Waals surface area contributed by atoms with E-state index < -0.39 is 13.7 Å². The van der Waals surface area contributed by atoms with Gasteiger partial charge in [0, 0.05) is 51.3 Å². The van der Waals surface area contributed by atoms with Gasteiger partial charge in [-0.2, -0.15) is 0 Å². The Kier molecular flexibility index (Phi) is 11.1. The van der Waals surface area contributed by atoms with Crippen LogP contribution in [0.5, 0.6) is 0 Å². The van der Waals surface area contributed by atoms with Gasteiger partial charge < -0.3 is 14.0 Å². The van der Waals surface area contributed by atoms with Gasteiger partial charge in [-0.15, -0.1) is 53.1 Å². The third kappa shape index (κ3) is 9.15. The molecule has 0 aliphatic rings. The van der Waals surface area contributed by atoms with Gasteiger partial charge in [-0.05, 0) is 119 Å². The molecule has 5 nitrogen and oxygen atoms in total. The van der Waals surface area contributed by atoms with Gasteiger partial charge in [0.25, 0.3) is 0 Å². The Labute approximate surface area is 405 Å². The SMILES string of the molecule is Cc1cccc(C)c1-c1cc(-c2nc3ccccc3n2-c2c(C(C)C)cc(-c3ccccc3)cc2C(C)C)[c-]c2nc(-c3ccccc3)oc12.[2H]C([2H])([2H])c1c[c-]c(-c2ccc(C([2H])([2H])[2H])cn2)cc1.[Ir]. The largest absolute Gasteiger partial charge is 0.484 e. The van der Waals surface area contributed by atoms with Gasteiger partial charge in [-0.3, -0.25) is 4.98 Å². The monoisotopic (exact) mass is 1030 g/mol. The van der Waals surface area contributed by atoms with Gasteiger partial charge in [-0.25, -0.2) is 4.98 Å². The molecule has 0 saturated carbocycles. The average molecular weight is 1030 g/mol. The summed E-state index contributed by atoms with van der Waals surface area (Å²) in [6, 6.07) is 56.8. The summed E-state index contributed by atoms with van der Waals surface area (Å²) in [6.07, 6.45) is 1.30. The first-order valence-corrected chi connectivity index (χ1v) is 21.7. The van der Waals surface area contributed by atoms with Crippen molar-refractivity contribution < 1.29 is 32.7 Å². The molecule has 0 aliphatic carbocycles. The predicted octanol–water partition coefficient (Wildman–Crippen LogP) is 15.7. The van der Waals surface area contributed by atoms with Crippen molar-refractivity contribution in [3.05, 3.63) is 203 Å². The van der Waals surface area contributed by atoms with Crippen LogP contribution in [-0.4, -0.2) is 19.5 Å². The molecule has 0 spiro atoms. The summed E-state index contributed by atoms with van der Waals surface area (Å²) >= 11 is 0. The number of aryl methyl sites for hydroxylation is 4. The average Bonchev–Trinajstić information content (AvgIpc) is 3.96.